The molecule has 0 aliphatic heterocycles. The van der Waals surface area contributed by atoms with Gasteiger partial charge in [0.15, 0.2) is 0 Å². The van der Waals surface area contributed by atoms with Crippen LogP contribution >= 0.6 is 0 Å². The van der Waals surface area contributed by atoms with E-state index in [1.54, 1.807) is 0 Å². The van der Waals surface area contributed by atoms with Crippen molar-refractivity contribution in [1.29, 1.82) is 0 Å². The number of methoxy groups -OCH3 is 1. The maximum atomic E-state index is 10.7. The van der Waals surface area contributed by atoms with Crippen molar-refractivity contribution in [3.63, 3.8) is 0 Å². The molecule has 1 rings (SSSR count). The average molecular weight is 191 g/mol. The van der Waals surface area contributed by atoms with Crippen LogP contribution in [0.1, 0.15) is 5.76 Å². The fourth-order valence-electron chi connectivity index (χ4n) is 0.731. The van der Waals surface area contributed by atoms with E-state index in [2.05, 4.69) is 0 Å². The highest BCUT2D eigenvalue weighted by atomic mass is 32.2. The summed E-state index contributed by atoms with van der Waals surface area (Å²) in [5.74, 6) is 0.432. The van der Waals surface area contributed by atoms with E-state index in [1.807, 2.05) is 0 Å². The summed E-state index contributed by atoms with van der Waals surface area (Å²) in [5, 5.41) is 4.56. The van der Waals surface area contributed by atoms with E-state index >= 15 is 0 Å². The van der Waals surface area contributed by atoms with Crippen molar-refractivity contribution in [2.75, 3.05) is 7.11 Å². The molecule has 0 bridgehead atoms. The smallest absolute Gasteiger partial charge is 0.271 e. The lowest BCUT2D eigenvalue weighted by atomic mass is 10.5. The number of nitrogens with two attached hydrogens (primary N) is 1. The molecule has 68 valence electrons. The topological polar surface area (TPSA) is 82.5 Å². The second-order valence-corrected chi connectivity index (χ2v) is 3.69. The van der Waals surface area contributed by atoms with Gasteiger partial charge in [-0.15, -0.1) is 0 Å². The van der Waals surface area contributed by atoms with Crippen LogP contribution in [0.5, 0.6) is 0 Å². The Bertz CT molecular complexity index is 353. The zero-order valence-electron chi connectivity index (χ0n) is 6.48. The van der Waals surface area contributed by atoms with Crippen LogP contribution < -0.4 is 5.14 Å². The zero-order valence-corrected chi connectivity index (χ0v) is 7.30. The third kappa shape index (κ3) is 2.07. The number of rotatable bonds is 3. The molecule has 1 heterocycles. The SMILES string of the molecule is COCc1ccc(S(N)(=O)=O)o1. The highest BCUT2D eigenvalue weighted by Crippen LogP contribution is 2.12. The summed E-state index contributed by atoms with van der Waals surface area (Å²) in [5.41, 5.74) is 0. The first-order chi connectivity index (χ1) is 5.54. The molecule has 5 nitrogen and oxygen atoms in total. The quantitative estimate of drug-likeness (QED) is 0.733. The normalized spacial score (nSPS) is 11.8. The molecule has 0 spiro atoms. The largest absolute Gasteiger partial charge is 0.446 e. The minimum absolute atomic E-state index is 0.232. The summed E-state index contributed by atoms with van der Waals surface area (Å²) in [4.78, 5) is 0. The third-order valence-corrected chi connectivity index (χ3v) is 1.98. The van der Waals surface area contributed by atoms with E-state index in [4.69, 9.17) is 14.3 Å². The van der Waals surface area contributed by atoms with Gasteiger partial charge in [-0.1, -0.05) is 0 Å². The van der Waals surface area contributed by atoms with E-state index in [-0.39, 0.29) is 11.7 Å². The van der Waals surface area contributed by atoms with Crippen LogP contribution in [0.15, 0.2) is 21.6 Å². The molecule has 0 aliphatic carbocycles. The Hall–Kier alpha value is -0.850. The second kappa shape index (κ2) is 3.26. The first kappa shape index (κ1) is 9.24. The van der Waals surface area contributed by atoms with Gasteiger partial charge in [0.2, 0.25) is 5.09 Å². The molecule has 0 atom stereocenters. The van der Waals surface area contributed by atoms with Crippen molar-refractivity contribution in [3.8, 4) is 0 Å². The summed E-state index contributed by atoms with van der Waals surface area (Å²) < 4.78 is 31.0. The van der Waals surface area contributed by atoms with Gasteiger partial charge in [0, 0.05) is 7.11 Å². The Morgan fingerprint density at radius 1 is 1.58 bits per heavy atom. The summed E-state index contributed by atoms with van der Waals surface area (Å²) >= 11 is 0. The van der Waals surface area contributed by atoms with Crippen molar-refractivity contribution in [3.05, 3.63) is 17.9 Å². The maximum Gasteiger partial charge on any atom is 0.271 e. The van der Waals surface area contributed by atoms with E-state index < -0.39 is 10.0 Å². The van der Waals surface area contributed by atoms with Crippen molar-refractivity contribution < 1.29 is 17.6 Å². The molecule has 0 amide bonds. The molecule has 1 aromatic rings. The van der Waals surface area contributed by atoms with Crippen LogP contribution in [0, 0.1) is 0 Å². The maximum absolute atomic E-state index is 10.7. The van der Waals surface area contributed by atoms with Crippen LogP contribution in [0.4, 0.5) is 0 Å². The first-order valence-corrected chi connectivity index (χ1v) is 4.69. The number of hydrogen-bond donors (Lipinski definition) is 1. The number of primary sulfonamides is 1. The van der Waals surface area contributed by atoms with Gasteiger partial charge in [-0.3, -0.25) is 0 Å². The molecule has 12 heavy (non-hydrogen) atoms. The van der Waals surface area contributed by atoms with E-state index in [9.17, 15) is 8.42 Å². The fourth-order valence-corrected chi connectivity index (χ4v) is 1.21. The van der Waals surface area contributed by atoms with Gasteiger partial charge in [0.25, 0.3) is 10.0 Å². The molecule has 0 aromatic carbocycles. The molecule has 0 saturated carbocycles. The molecule has 6 heteroatoms. The Balaban J connectivity index is 2.92. The summed E-state index contributed by atoms with van der Waals surface area (Å²) in [6.45, 7) is 0.232. The van der Waals surface area contributed by atoms with E-state index in [1.165, 1.54) is 19.2 Å². The van der Waals surface area contributed by atoms with Gasteiger partial charge >= 0.3 is 0 Å². The van der Waals surface area contributed by atoms with Gasteiger partial charge in [0.05, 0.1) is 0 Å². The lowest BCUT2D eigenvalue weighted by Crippen LogP contribution is -2.10. The first-order valence-electron chi connectivity index (χ1n) is 3.14. The van der Waals surface area contributed by atoms with Crippen molar-refractivity contribution in [2.24, 2.45) is 5.14 Å². The van der Waals surface area contributed by atoms with Crippen LogP contribution in [0.25, 0.3) is 0 Å². The second-order valence-electron chi connectivity index (χ2n) is 2.20. The van der Waals surface area contributed by atoms with Gasteiger partial charge in [0.1, 0.15) is 12.4 Å². The predicted molar refractivity (Wildman–Crippen MR) is 40.8 cm³/mol. The number of hydrogen-bond acceptors (Lipinski definition) is 4. The zero-order chi connectivity index (χ0) is 9.19. The van der Waals surface area contributed by atoms with Gasteiger partial charge in [-0.25, -0.2) is 13.6 Å². The average Bonchev–Trinajstić information content (AvgIpc) is 2.35. The van der Waals surface area contributed by atoms with Crippen LogP contribution in [-0.2, 0) is 21.4 Å². The number of ether oxygens (including phenoxy) is 1. The highest BCUT2D eigenvalue weighted by Gasteiger charge is 2.12. The standard InChI is InChI=1S/C6H9NO4S/c1-10-4-5-2-3-6(11-5)12(7,8)9/h2-3H,4H2,1H3,(H2,7,8,9). The summed E-state index contributed by atoms with van der Waals surface area (Å²) in [6, 6.07) is 2.80. The Morgan fingerprint density at radius 2 is 2.25 bits per heavy atom. The Labute approximate surface area is 70.2 Å². The van der Waals surface area contributed by atoms with Gasteiger partial charge < -0.3 is 9.15 Å². The lowest BCUT2D eigenvalue weighted by molar-refractivity contribution is 0.159. The monoisotopic (exact) mass is 191 g/mol. The predicted octanol–water partition coefficient (Wildman–Crippen LogP) is 0.0734. The highest BCUT2D eigenvalue weighted by molar-refractivity contribution is 7.89. The molecular formula is C6H9NO4S. The fraction of sp³-hybridized carbons (Fsp3) is 0.333. The molecule has 1 aromatic heterocycles. The number of furan rings is 1. The van der Waals surface area contributed by atoms with E-state index in [0.717, 1.165) is 0 Å². The van der Waals surface area contributed by atoms with Gasteiger partial charge in [-0.05, 0) is 12.1 Å². The van der Waals surface area contributed by atoms with Crippen molar-refractivity contribution >= 4 is 10.0 Å². The van der Waals surface area contributed by atoms with Gasteiger partial charge in [-0.2, -0.15) is 0 Å². The number of sulfonamides is 1. The van der Waals surface area contributed by atoms with E-state index in [0.29, 0.717) is 5.76 Å². The Kier molecular flexibility index (Phi) is 2.51. The molecule has 2 N–H and O–H groups in total. The molecule has 0 radical (unpaired) electrons. The van der Waals surface area contributed by atoms with Crippen LogP contribution in [0.2, 0.25) is 0 Å². The molecular weight excluding hydrogens is 182 g/mol. The molecule has 0 saturated heterocycles. The minimum Gasteiger partial charge on any atom is -0.446 e. The third-order valence-electron chi connectivity index (χ3n) is 1.20. The van der Waals surface area contributed by atoms with Crippen molar-refractivity contribution in [1.82, 2.24) is 0 Å². The Morgan fingerprint density at radius 3 is 2.67 bits per heavy atom. The molecule has 0 fully saturated rings. The van der Waals surface area contributed by atoms with Crippen molar-refractivity contribution in [2.45, 2.75) is 11.7 Å². The minimum atomic E-state index is -3.72. The lowest BCUT2D eigenvalue weighted by Gasteiger charge is -1.92. The molecule has 0 aliphatic rings. The van der Waals surface area contributed by atoms with Crippen LogP contribution in [-0.4, -0.2) is 15.5 Å². The van der Waals surface area contributed by atoms with Crippen LogP contribution in [0.3, 0.4) is 0 Å². The summed E-state index contributed by atoms with van der Waals surface area (Å²) in [7, 11) is -2.24. The molecule has 0 unspecified atom stereocenters. The summed E-state index contributed by atoms with van der Waals surface area (Å²) in [6.07, 6.45) is 0.